The van der Waals surface area contributed by atoms with Gasteiger partial charge < -0.3 is 10.0 Å². The third-order valence-electron chi connectivity index (χ3n) is 2.73. The maximum absolute atomic E-state index is 12.1. The molecule has 0 aromatic rings. The van der Waals surface area contributed by atoms with Crippen LogP contribution in [0.15, 0.2) is 0 Å². The summed E-state index contributed by atoms with van der Waals surface area (Å²) < 4.78 is 24.2. The molecule has 1 aliphatic heterocycles. The molecule has 1 rings (SSSR count). The van der Waals surface area contributed by atoms with E-state index in [9.17, 15) is 13.6 Å². The number of hydrogen-bond donors (Lipinski definition) is 1. The van der Waals surface area contributed by atoms with E-state index >= 15 is 0 Å². The van der Waals surface area contributed by atoms with Crippen LogP contribution in [0.4, 0.5) is 8.78 Å². The van der Waals surface area contributed by atoms with E-state index in [1.807, 2.05) is 0 Å². The second kappa shape index (κ2) is 6.75. The molecule has 1 aliphatic rings. The molecule has 0 saturated carbocycles. The van der Waals surface area contributed by atoms with Gasteiger partial charge in [-0.15, -0.1) is 0 Å². The summed E-state index contributed by atoms with van der Waals surface area (Å²) in [5.74, 6) is -0.781. The second-order valence-electron chi connectivity index (χ2n) is 4.03. The summed E-state index contributed by atoms with van der Waals surface area (Å²) in [6, 6.07) is 0. The highest BCUT2D eigenvalue weighted by atomic mass is 19.3. The van der Waals surface area contributed by atoms with Crippen LogP contribution < -0.4 is 0 Å². The van der Waals surface area contributed by atoms with Gasteiger partial charge in [0.25, 0.3) is 6.43 Å². The van der Waals surface area contributed by atoms with Crippen molar-refractivity contribution in [3.05, 3.63) is 0 Å². The van der Waals surface area contributed by atoms with Crippen LogP contribution in [0.3, 0.4) is 0 Å². The first kappa shape index (κ1) is 13.3. The smallest absolute Gasteiger partial charge is 0.303 e. The molecule has 0 atom stereocenters. The highest BCUT2D eigenvalue weighted by molar-refractivity contribution is 5.66. The summed E-state index contributed by atoms with van der Waals surface area (Å²) in [6.07, 6.45) is -1.46. The lowest BCUT2D eigenvalue weighted by atomic mass is 10.2. The standard InChI is InChI=1S/C10H18F2N2O2/c11-9(12)8-14-6-4-13(5-7-14)3-1-2-10(15)16/h9H,1-8H2,(H,15,16). The van der Waals surface area contributed by atoms with Crippen LogP contribution in [-0.4, -0.2) is 66.6 Å². The van der Waals surface area contributed by atoms with Crippen molar-refractivity contribution in [2.45, 2.75) is 19.3 Å². The van der Waals surface area contributed by atoms with Crippen molar-refractivity contribution in [1.29, 1.82) is 0 Å². The van der Waals surface area contributed by atoms with Crippen LogP contribution in [0, 0.1) is 0 Å². The fourth-order valence-corrected chi connectivity index (χ4v) is 1.84. The highest BCUT2D eigenvalue weighted by Crippen LogP contribution is 2.06. The number of hydrogen-bond acceptors (Lipinski definition) is 3. The Morgan fingerprint density at radius 2 is 1.75 bits per heavy atom. The van der Waals surface area contributed by atoms with Gasteiger partial charge in [-0.05, 0) is 13.0 Å². The maximum atomic E-state index is 12.1. The monoisotopic (exact) mass is 236 g/mol. The zero-order valence-corrected chi connectivity index (χ0v) is 9.24. The first-order chi connectivity index (χ1) is 7.58. The summed E-state index contributed by atoms with van der Waals surface area (Å²) in [4.78, 5) is 14.2. The van der Waals surface area contributed by atoms with Crippen LogP contribution in [0.1, 0.15) is 12.8 Å². The number of aliphatic carboxylic acids is 1. The van der Waals surface area contributed by atoms with Gasteiger partial charge in [0, 0.05) is 32.6 Å². The normalized spacial score (nSPS) is 19.2. The summed E-state index contributed by atoms with van der Waals surface area (Å²) in [7, 11) is 0. The highest BCUT2D eigenvalue weighted by Gasteiger charge is 2.19. The molecule has 0 radical (unpaired) electrons. The van der Waals surface area contributed by atoms with Crippen LogP contribution in [0.5, 0.6) is 0 Å². The topological polar surface area (TPSA) is 43.8 Å². The van der Waals surface area contributed by atoms with Crippen molar-refractivity contribution in [3.8, 4) is 0 Å². The summed E-state index contributed by atoms with van der Waals surface area (Å²) >= 11 is 0. The molecule has 0 bridgehead atoms. The fourth-order valence-electron chi connectivity index (χ4n) is 1.84. The molecule has 0 spiro atoms. The number of carbonyl (C=O) groups is 1. The van der Waals surface area contributed by atoms with Crippen molar-refractivity contribution in [1.82, 2.24) is 9.80 Å². The predicted octanol–water partition coefficient (Wildman–Crippen LogP) is 0.734. The van der Waals surface area contributed by atoms with Gasteiger partial charge in [0.05, 0.1) is 6.54 Å². The predicted molar refractivity (Wildman–Crippen MR) is 55.8 cm³/mol. The Morgan fingerprint density at radius 1 is 1.19 bits per heavy atom. The number of piperazine rings is 1. The zero-order valence-electron chi connectivity index (χ0n) is 9.24. The van der Waals surface area contributed by atoms with Gasteiger partial charge in [0.15, 0.2) is 0 Å². The molecule has 16 heavy (non-hydrogen) atoms. The number of carboxylic acids is 1. The molecule has 4 nitrogen and oxygen atoms in total. The van der Waals surface area contributed by atoms with E-state index in [2.05, 4.69) is 4.90 Å². The van der Waals surface area contributed by atoms with Gasteiger partial charge in [-0.1, -0.05) is 0 Å². The quantitative estimate of drug-likeness (QED) is 0.738. The first-order valence-corrected chi connectivity index (χ1v) is 5.52. The Balaban J connectivity index is 2.09. The summed E-state index contributed by atoms with van der Waals surface area (Å²) in [5, 5.41) is 8.47. The molecule has 0 amide bonds. The van der Waals surface area contributed by atoms with Crippen LogP contribution in [0.25, 0.3) is 0 Å². The minimum atomic E-state index is -2.27. The molecular weight excluding hydrogens is 218 g/mol. The van der Waals surface area contributed by atoms with Crippen molar-refractivity contribution < 1.29 is 18.7 Å². The van der Waals surface area contributed by atoms with Gasteiger partial charge in [0.1, 0.15) is 0 Å². The van der Waals surface area contributed by atoms with Gasteiger partial charge in [0.2, 0.25) is 0 Å². The van der Waals surface area contributed by atoms with E-state index in [0.29, 0.717) is 19.5 Å². The number of rotatable bonds is 6. The molecule has 1 N–H and O–H groups in total. The lowest BCUT2D eigenvalue weighted by molar-refractivity contribution is -0.137. The molecule has 0 aromatic heterocycles. The van der Waals surface area contributed by atoms with E-state index < -0.39 is 12.4 Å². The minimum Gasteiger partial charge on any atom is -0.481 e. The summed E-state index contributed by atoms with van der Waals surface area (Å²) in [6.45, 7) is 3.41. The Hall–Kier alpha value is -0.750. The van der Waals surface area contributed by atoms with E-state index in [0.717, 1.165) is 19.6 Å². The number of nitrogens with zero attached hydrogens (tertiary/aromatic N) is 2. The largest absolute Gasteiger partial charge is 0.481 e. The van der Waals surface area contributed by atoms with Gasteiger partial charge in [-0.3, -0.25) is 9.69 Å². The van der Waals surface area contributed by atoms with Crippen molar-refractivity contribution >= 4 is 5.97 Å². The van der Waals surface area contributed by atoms with Gasteiger partial charge >= 0.3 is 5.97 Å². The van der Waals surface area contributed by atoms with E-state index in [1.54, 1.807) is 4.90 Å². The molecule has 94 valence electrons. The average Bonchev–Trinajstić information content (AvgIpc) is 2.19. The van der Waals surface area contributed by atoms with Crippen molar-refractivity contribution in [2.24, 2.45) is 0 Å². The number of alkyl halides is 2. The minimum absolute atomic E-state index is 0.150. The van der Waals surface area contributed by atoms with Gasteiger partial charge in [-0.2, -0.15) is 0 Å². The van der Waals surface area contributed by atoms with E-state index in [1.165, 1.54) is 0 Å². The van der Waals surface area contributed by atoms with E-state index in [4.69, 9.17) is 5.11 Å². The second-order valence-corrected chi connectivity index (χ2v) is 4.03. The summed E-state index contributed by atoms with van der Waals surface area (Å²) in [5.41, 5.74) is 0. The van der Waals surface area contributed by atoms with Gasteiger partial charge in [-0.25, -0.2) is 8.78 Å². The Bertz CT molecular complexity index is 219. The number of carboxylic acid groups (broad SMARTS) is 1. The van der Waals surface area contributed by atoms with Crippen LogP contribution in [-0.2, 0) is 4.79 Å². The Labute approximate surface area is 93.8 Å². The molecule has 1 heterocycles. The van der Waals surface area contributed by atoms with Crippen molar-refractivity contribution in [2.75, 3.05) is 39.3 Å². The molecule has 1 saturated heterocycles. The zero-order chi connectivity index (χ0) is 12.0. The Kier molecular flexibility index (Phi) is 5.62. The van der Waals surface area contributed by atoms with Crippen molar-refractivity contribution in [3.63, 3.8) is 0 Å². The molecular formula is C10H18F2N2O2. The molecule has 0 aliphatic carbocycles. The lowest BCUT2D eigenvalue weighted by Crippen LogP contribution is -2.47. The molecule has 0 aromatic carbocycles. The first-order valence-electron chi connectivity index (χ1n) is 5.52. The lowest BCUT2D eigenvalue weighted by Gasteiger charge is -2.34. The average molecular weight is 236 g/mol. The third kappa shape index (κ3) is 5.37. The van der Waals surface area contributed by atoms with E-state index in [-0.39, 0.29) is 13.0 Å². The van der Waals surface area contributed by atoms with Crippen LogP contribution in [0.2, 0.25) is 0 Å². The SMILES string of the molecule is O=C(O)CCCN1CCN(CC(F)F)CC1. The van der Waals surface area contributed by atoms with Crippen LogP contribution >= 0.6 is 0 Å². The fraction of sp³-hybridized carbons (Fsp3) is 0.900. The third-order valence-corrected chi connectivity index (χ3v) is 2.73. The molecule has 1 fully saturated rings. The number of halogens is 2. The molecule has 6 heteroatoms. The Morgan fingerprint density at radius 3 is 2.25 bits per heavy atom. The molecule has 0 unspecified atom stereocenters. The maximum Gasteiger partial charge on any atom is 0.303 e.